The largest absolute Gasteiger partial charge is 0.490 e. The van der Waals surface area contributed by atoms with Gasteiger partial charge in [-0.2, -0.15) is 5.26 Å². The highest BCUT2D eigenvalue weighted by Gasteiger charge is 2.15. The number of amides is 1. The van der Waals surface area contributed by atoms with Crippen LogP contribution in [-0.4, -0.2) is 24.0 Å². The quantitative estimate of drug-likeness (QED) is 0.131. The Hall–Kier alpha value is -4.54. The Morgan fingerprint density at radius 2 is 1.77 bits per heavy atom. The van der Waals surface area contributed by atoms with Gasteiger partial charge in [-0.05, 0) is 81.0 Å². The van der Waals surface area contributed by atoms with Crippen LogP contribution in [0.1, 0.15) is 23.6 Å². The number of nitriles is 1. The number of hydrogen-bond donors (Lipinski definition) is 2. The van der Waals surface area contributed by atoms with Gasteiger partial charge in [-0.1, -0.05) is 60.7 Å². The Labute approximate surface area is 241 Å². The summed E-state index contributed by atoms with van der Waals surface area (Å²) in [7, 11) is 0. The standard InChI is InChI=1S/C33H28BrN3O3/c1-2-39-31-18-22(17-29(34)32(31)40-21-25-10-7-9-23-8-3-4-11-27(23)25)16-26(19-35)33(38)36-15-14-24-20-37-30-13-6-5-12-28(24)30/h3-13,16-18,20,37H,2,14-15,21H2,1H3,(H,36,38)/b26-16-. The number of nitrogens with zero attached hydrogens (tertiary/aromatic N) is 1. The van der Waals surface area contributed by atoms with Crippen molar-refractivity contribution in [1.82, 2.24) is 10.3 Å². The molecule has 1 aromatic heterocycles. The van der Waals surface area contributed by atoms with Gasteiger partial charge in [0.2, 0.25) is 0 Å². The number of hydrogen-bond acceptors (Lipinski definition) is 4. The highest BCUT2D eigenvalue weighted by atomic mass is 79.9. The molecule has 0 aliphatic rings. The monoisotopic (exact) mass is 593 g/mol. The minimum Gasteiger partial charge on any atom is -0.490 e. The molecule has 0 aliphatic carbocycles. The van der Waals surface area contributed by atoms with Crippen molar-refractivity contribution in [3.63, 3.8) is 0 Å². The second kappa shape index (κ2) is 12.5. The lowest BCUT2D eigenvalue weighted by atomic mass is 10.1. The third-order valence-electron chi connectivity index (χ3n) is 6.61. The fourth-order valence-electron chi connectivity index (χ4n) is 4.70. The van der Waals surface area contributed by atoms with E-state index in [0.717, 1.165) is 32.8 Å². The summed E-state index contributed by atoms with van der Waals surface area (Å²) >= 11 is 3.60. The number of para-hydroxylation sites is 1. The number of rotatable bonds is 10. The number of nitrogens with one attached hydrogen (secondary N) is 2. The van der Waals surface area contributed by atoms with E-state index < -0.39 is 5.91 Å². The van der Waals surface area contributed by atoms with E-state index >= 15 is 0 Å². The van der Waals surface area contributed by atoms with E-state index in [0.29, 0.717) is 47.7 Å². The molecule has 0 saturated heterocycles. The molecule has 0 fully saturated rings. The minimum atomic E-state index is -0.423. The maximum atomic E-state index is 12.8. The van der Waals surface area contributed by atoms with Crippen LogP contribution in [0.3, 0.4) is 0 Å². The van der Waals surface area contributed by atoms with Gasteiger partial charge in [0.25, 0.3) is 5.91 Å². The van der Waals surface area contributed by atoms with E-state index in [1.165, 1.54) is 0 Å². The van der Waals surface area contributed by atoms with Crippen LogP contribution in [0, 0.1) is 11.3 Å². The molecule has 1 amide bonds. The molecule has 40 heavy (non-hydrogen) atoms. The lowest BCUT2D eigenvalue weighted by Crippen LogP contribution is -2.26. The highest BCUT2D eigenvalue weighted by molar-refractivity contribution is 9.10. The van der Waals surface area contributed by atoms with E-state index in [-0.39, 0.29) is 5.57 Å². The molecule has 0 radical (unpaired) electrons. The van der Waals surface area contributed by atoms with Crippen LogP contribution in [-0.2, 0) is 17.8 Å². The van der Waals surface area contributed by atoms with Crippen molar-refractivity contribution in [2.75, 3.05) is 13.2 Å². The van der Waals surface area contributed by atoms with Crippen molar-refractivity contribution < 1.29 is 14.3 Å². The van der Waals surface area contributed by atoms with Crippen molar-refractivity contribution in [2.24, 2.45) is 0 Å². The predicted octanol–water partition coefficient (Wildman–Crippen LogP) is 7.33. The molecule has 0 spiro atoms. The fraction of sp³-hybridized carbons (Fsp3) is 0.152. The number of carbonyl (C=O) groups excluding carboxylic acids is 1. The molecule has 7 heteroatoms. The number of ether oxygens (including phenoxy) is 2. The molecule has 0 bridgehead atoms. The summed E-state index contributed by atoms with van der Waals surface area (Å²) < 4.78 is 12.8. The molecule has 5 rings (SSSR count). The minimum absolute atomic E-state index is 0.0118. The Kier molecular flexibility index (Phi) is 8.48. The average molecular weight is 595 g/mol. The topological polar surface area (TPSA) is 87.1 Å². The van der Waals surface area contributed by atoms with Gasteiger partial charge in [-0.15, -0.1) is 0 Å². The van der Waals surface area contributed by atoms with E-state index in [9.17, 15) is 10.1 Å². The number of halogens is 1. The molecule has 0 saturated carbocycles. The Bertz CT molecular complexity index is 1740. The number of aromatic amines is 1. The first kappa shape index (κ1) is 27.0. The van der Waals surface area contributed by atoms with E-state index in [1.54, 1.807) is 12.1 Å². The fourth-order valence-corrected chi connectivity index (χ4v) is 5.28. The molecular formula is C33H28BrN3O3. The first-order valence-corrected chi connectivity index (χ1v) is 13.9. The summed E-state index contributed by atoms with van der Waals surface area (Å²) in [4.78, 5) is 16.1. The molecule has 0 atom stereocenters. The van der Waals surface area contributed by atoms with Gasteiger partial charge in [0.15, 0.2) is 11.5 Å². The van der Waals surface area contributed by atoms with Gasteiger partial charge in [-0.25, -0.2) is 0 Å². The number of H-pyrrole nitrogens is 1. The van der Waals surface area contributed by atoms with Crippen LogP contribution >= 0.6 is 15.9 Å². The zero-order chi connectivity index (χ0) is 27.9. The molecule has 0 unspecified atom stereocenters. The molecule has 6 nitrogen and oxygen atoms in total. The Morgan fingerprint density at radius 3 is 2.60 bits per heavy atom. The second-order valence-electron chi connectivity index (χ2n) is 9.23. The molecule has 200 valence electrons. The third-order valence-corrected chi connectivity index (χ3v) is 7.20. The first-order chi connectivity index (χ1) is 19.6. The second-order valence-corrected chi connectivity index (χ2v) is 10.1. The zero-order valence-electron chi connectivity index (χ0n) is 22.0. The van der Waals surface area contributed by atoms with Crippen molar-refractivity contribution in [1.29, 1.82) is 5.26 Å². The van der Waals surface area contributed by atoms with E-state index in [2.05, 4.69) is 44.4 Å². The van der Waals surface area contributed by atoms with Crippen LogP contribution in [0.2, 0.25) is 0 Å². The number of fused-ring (bicyclic) bond motifs is 2. The highest BCUT2D eigenvalue weighted by Crippen LogP contribution is 2.38. The lowest BCUT2D eigenvalue weighted by molar-refractivity contribution is -0.117. The average Bonchev–Trinajstić information content (AvgIpc) is 3.38. The van der Waals surface area contributed by atoms with Crippen LogP contribution < -0.4 is 14.8 Å². The zero-order valence-corrected chi connectivity index (χ0v) is 23.6. The van der Waals surface area contributed by atoms with Crippen molar-refractivity contribution in [2.45, 2.75) is 20.0 Å². The third kappa shape index (κ3) is 6.03. The van der Waals surface area contributed by atoms with Gasteiger partial charge in [-0.3, -0.25) is 4.79 Å². The number of benzene rings is 4. The maximum absolute atomic E-state index is 12.8. The van der Waals surface area contributed by atoms with Gasteiger partial charge in [0.1, 0.15) is 18.2 Å². The summed E-state index contributed by atoms with van der Waals surface area (Å²) in [5.41, 5.74) is 3.89. The SMILES string of the molecule is CCOc1cc(/C=C(/C#N)C(=O)NCCc2c[nH]c3ccccc23)cc(Br)c1OCc1cccc2ccccc12. The molecule has 2 N–H and O–H groups in total. The molecule has 1 heterocycles. The van der Waals surface area contributed by atoms with Crippen LogP contribution in [0.15, 0.2) is 95.1 Å². The maximum Gasteiger partial charge on any atom is 0.261 e. The normalized spacial score (nSPS) is 11.4. The van der Waals surface area contributed by atoms with Crippen LogP contribution in [0.5, 0.6) is 11.5 Å². The van der Waals surface area contributed by atoms with E-state index in [1.807, 2.05) is 73.8 Å². The van der Waals surface area contributed by atoms with Crippen molar-refractivity contribution in [3.05, 3.63) is 112 Å². The summed E-state index contributed by atoms with van der Waals surface area (Å²) in [5.74, 6) is 0.668. The molecule has 5 aromatic rings. The number of aromatic nitrogens is 1. The van der Waals surface area contributed by atoms with Crippen molar-refractivity contribution in [3.8, 4) is 17.6 Å². The molecule has 0 aliphatic heterocycles. The van der Waals surface area contributed by atoms with Gasteiger partial charge in [0, 0.05) is 23.6 Å². The summed E-state index contributed by atoms with van der Waals surface area (Å²) in [6.07, 6.45) is 4.16. The van der Waals surface area contributed by atoms with Crippen LogP contribution in [0.4, 0.5) is 0 Å². The van der Waals surface area contributed by atoms with E-state index in [4.69, 9.17) is 9.47 Å². The van der Waals surface area contributed by atoms with Crippen molar-refractivity contribution >= 4 is 49.6 Å². The van der Waals surface area contributed by atoms with Gasteiger partial charge in [0.05, 0.1) is 11.1 Å². The van der Waals surface area contributed by atoms with Crippen LogP contribution in [0.25, 0.3) is 27.8 Å². The van der Waals surface area contributed by atoms with Gasteiger partial charge < -0.3 is 19.8 Å². The summed E-state index contributed by atoms with van der Waals surface area (Å²) in [5, 5.41) is 16.0. The van der Waals surface area contributed by atoms with Gasteiger partial charge >= 0.3 is 0 Å². The summed E-state index contributed by atoms with van der Waals surface area (Å²) in [6.45, 7) is 3.10. The molecular weight excluding hydrogens is 566 g/mol. The lowest BCUT2D eigenvalue weighted by Gasteiger charge is -2.16. The predicted molar refractivity (Wildman–Crippen MR) is 162 cm³/mol. The number of carbonyl (C=O) groups is 1. The summed E-state index contributed by atoms with van der Waals surface area (Å²) in [6, 6.07) is 28.0. The Morgan fingerprint density at radius 1 is 1.00 bits per heavy atom. The molecule has 4 aromatic carbocycles. The Balaban J connectivity index is 1.30. The smallest absolute Gasteiger partial charge is 0.261 e. The first-order valence-electron chi connectivity index (χ1n) is 13.1.